The van der Waals surface area contributed by atoms with Gasteiger partial charge < -0.3 is 51.7 Å². The fourth-order valence-corrected chi connectivity index (χ4v) is 9.66. The molecule has 0 aromatic heterocycles. The van der Waals surface area contributed by atoms with Gasteiger partial charge in [-0.25, -0.2) is 17.9 Å². The predicted molar refractivity (Wildman–Crippen MR) is 225 cm³/mol. The number of benzene rings is 3. The first-order valence-electron chi connectivity index (χ1n) is 19.2. The number of alkyl carbamates (subject to hydrolysis) is 1. The summed E-state index contributed by atoms with van der Waals surface area (Å²) in [5.74, 6) is -5.85. The highest BCUT2D eigenvalue weighted by molar-refractivity contribution is 7.89. The summed E-state index contributed by atoms with van der Waals surface area (Å²) in [4.78, 5) is 78.9. The molecule has 0 spiro atoms. The van der Waals surface area contributed by atoms with Crippen LogP contribution >= 0.6 is 0 Å². The summed E-state index contributed by atoms with van der Waals surface area (Å²) in [7, 11) is -5.31. The highest BCUT2D eigenvalue weighted by Crippen LogP contribution is 2.21. The molecule has 21 heteroatoms. The molecule has 0 heterocycles. The van der Waals surface area contributed by atoms with Crippen LogP contribution in [0.3, 0.4) is 0 Å². The number of aromatic hydroxyl groups is 2. The quantitative estimate of drug-likeness (QED) is 0.0478. The van der Waals surface area contributed by atoms with E-state index < -0.39 is 90.6 Å². The summed E-state index contributed by atoms with van der Waals surface area (Å²) >= 11 is 0. The van der Waals surface area contributed by atoms with Crippen LogP contribution in [0.4, 0.5) is 4.79 Å². The Morgan fingerprint density at radius 2 is 1.26 bits per heavy atom. The number of carbonyl (C=O) groups excluding carboxylic acids is 5. The zero-order chi connectivity index (χ0) is 45.3. The molecule has 3 aromatic carbocycles. The number of aliphatic carboxylic acids is 1. The van der Waals surface area contributed by atoms with Crippen LogP contribution < -0.4 is 31.3 Å². The smallest absolute Gasteiger partial charge is 0.408 e. The maximum atomic E-state index is 14.1. The van der Waals surface area contributed by atoms with Gasteiger partial charge in [0.1, 0.15) is 48.8 Å². The van der Waals surface area contributed by atoms with E-state index in [2.05, 4.69) is 31.3 Å². The molecule has 0 radical (unpaired) electrons. The van der Waals surface area contributed by atoms with Crippen LogP contribution in [0.1, 0.15) is 48.5 Å². The summed E-state index contributed by atoms with van der Waals surface area (Å²) in [6, 6.07) is 12.9. The molecular weight excluding hydrogens is 833 g/mol. The van der Waals surface area contributed by atoms with Crippen molar-refractivity contribution < 1.29 is 62.3 Å². The molecule has 5 atom stereocenters. The largest absolute Gasteiger partial charge is 0.508 e. The molecule has 0 aliphatic carbocycles. The normalized spacial score (nSPS) is 13.9. The minimum Gasteiger partial charge on any atom is -0.508 e. The number of carboxylic acid groups (broad SMARTS) is 1. The van der Waals surface area contributed by atoms with Crippen LogP contribution in [0.2, 0.25) is 25.7 Å². The molecule has 0 saturated carbocycles. The third-order valence-corrected chi connectivity index (χ3v) is 12.5. The van der Waals surface area contributed by atoms with Crippen molar-refractivity contribution in [1.82, 2.24) is 31.3 Å². The van der Waals surface area contributed by atoms with Gasteiger partial charge in [0.05, 0.1) is 11.9 Å². The highest BCUT2D eigenvalue weighted by Gasteiger charge is 2.35. The van der Waals surface area contributed by atoms with Crippen molar-refractivity contribution in [3.05, 3.63) is 95.6 Å². The van der Waals surface area contributed by atoms with Gasteiger partial charge in [0.15, 0.2) is 0 Å². The van der Waals surface area contributed by atoms with Gasteiger partial charge in [-0.2, -0.15) is 0 Å². The second-order valence-corrected chi connectivity index (χ2v) is 22.9. The zero-order valence-electron chi connectivity index (χ0n) is 34.2. The minimum atomic E-state index is -3.64. The maximum Gasteiger partial charge on any atom is 0.408 e. The van der Waals surface area contributed by atoms with Crippen LogP contribution in [-0.2, 0) is 45.3 Å². The number of aliphatic hydroxyl groups excluding tert-OH is 1. The number of carboxylic acids is 1. The Morgan fingerprint density at radius 1 is 0.721 bits per heavy atom. The van der Waals surface area contributed by atoms with E-state index in [1.54, 1.807) is 30.3 Å². The zero-order valence-corrected chi connectivity index (χ0v) is 36.0. The van der Waals surface area contributed by atoms with Gasteiger partial charge in [-0.3, -0.25) is 24.0 Å². The first-order chi connectivity index (χ1) is 28.6. The van der Waals surface area contributed by atoms with Gasteiger partial charge >= 0.3 is 12.1 Å². The monoisotopic (exact) mass is 886 g/mol. The molecule has 0 saturated heterocycles. The molecule has 19 nitrogen and oxygen atoms in total. The fourth-order valence-electron chi connectivity index (χ4n) is 5.54. The van der Waals surface area contributed by atoms with E-state index in [0.29, 0.717) is 11.6 Å². The standard InChI is InChI=1S/C40H54N6O13SSi/c1-25(47)33(38(54)46-34(37(53)41-23-32(50)51)27-12-16-29(48)17-13-27)44-39(55)35(28-14-18-30(49)19-15-28)45-36(52)31(43-40(56)59-24-26-9-6-5-7-10-26)11-8-20-42-60(57,58)21-22-61(2,3)4/h5-7,9-10,12-19,25,31,33-35,42,47-49H,8,11,20-24H2,1-4H3,(H,41,53)(H,43,56)(H,44,55)(H,45,52)(H,46,54)(H,50,51)/t25-,31-,33-,34+,35+/m1/s1. The lowest BCUT2D eigenvalue weighted by molar-refractivity contribution is -0.139. The Bertz CT molecular complexity index is 2070. The minimum absolute atomic E-state index is 0.0613. The SMILES string of the molecule is C[C@@H](O)[C@@H](NC(=O)[C@@H](NC(=O)[C@@H](CCCNS(=O)(=O)CC[Si](C)(C)C)NC(=O)OCc1ccccc1)c1ccc(O)cc1)C(=O)N[C@H](C(=O)NCC(=O)O)c1ccc(O)cc1. The summed E-state index contributed by atoms with van der Waals surface area (Å²) in [6.07, 6.45) is -2.68. The number of nitrogens with one attached hydrogen (secondary N) is 6. The van der Waals surface area contributed by atoms with Gasteiger partial charge in [0.2, 0.25) is 33.7 Å². The Hall–Kier alpha value is -6.03. The van der Waals surface area contributed by atoms with E-state index in [0.717, 1.165) is 0 Å². The number of phenolic OH excluding ortho intramolecular Hbond substituents is 2. The number of amides is 5. The van der Waals surface area contributed by atoms with Crippen molar-refractivity contribution in [2.24, 2.45) is 0 Å². The Kier molecular flexibility index (Phi) is 18.7. The van der Waals surface area contributed by atoms with Gasteiger partial charge in [0, 0.05) is 14.6 Å². The summed E-state index contributed by atoms with van der Waals surface area (Å²) in [5, 5.41) is 51.4. The third kappa shape index (κ3) is 17.6. The number of sulfonamides is 1. The summed E-state index contributed by atoms with van der Waals surface area (Å²) in [5.41, 5.74) is 0.852. The van der Waals surface area contributed by atoms with Crippen LogP contribution in [0.5, 0.6) is 11.5 Å². The highest BCUT2D eigenvalue weighted by atomic mass is 32.2. The fraction of sp³-hybridized carbons (Fsp3) is 0.400. The number of aliphatic hydroxyl groups is 1. The molecule has 332 valence electrons. The van der Waals surface area contributed by atoms with Crippen LogP contribution in [0.15, 0.2) is 78.9 Å². The number of hydrogen-bond donors (Lipinski definition) is 10. The Morgan fingerprint density at radius 3 is 1.79 bits per heavy atom. The van der Waals surface area contributed by atoms with Gasteiger partial charge in [-0.15, -0.1) is 0 Å². The van der Waals surface area contributed by atoms with E-state index in [9.17, 15) is 52.5 Å². The van der Waals surface area contributed by atoms with E-state index in [1.807, 2.05) is 19.6 Å². The topological polar surface area (TPSA) is 299 Å². The second-order valence-electron chi connectivity index (χ2n) is 15.3. The molecule has 5 amide bonds. The molecule has 3 rings (SSSR count). The second kappa shape index (κ2) is 23.1. The van der Waals surface area contributed by atoms with Gasteiger partial charge in [0.25, 0.3) is 0 Å². The number of ether oxygens (including phenoxy) is 1. The molecule has 0 fully saturated rings. The summed E-state index contributed by atoms with van der Waals surface area (Å²) in [6.45, 7) is 6.27. The molecule has 0 aliphatic rings. The molecule has 0 bridgehead atoms. The molecule has 10 N–H and O–H groups in total. The van der Waals surface area contributed by atoms with E-state index in [1.165, 1.54) is 55.5 Å². The average Bonchev–Trinajstić information content (AvgIpc) is 3.20. The van der Waals surface area contributed by atoms with Crippen molar-refractivity contribution >= 4 is 53.8 Å². The predicted octanol–water partition coefficient (Wildman–Crippen LogP) is 1.51. The van der Waals surface area contributed by atoms with Gasteiger partial charge in [-0.05, 0) is 66.8 Å². The lowest BCUT2D eigenvalue weighted by Crippen LogP contribution is -2.57. The molecule has 0 unspecified atom stereocenters. The Labute approximate surface area is 354 Å². The molecule has 61 heavy (non-hydrogen) atoms. The van der Waals surface area contributed by atoms with Gasteiger partial charge in [-0.1, -0.05) is 74.2 Å². The van der Waals surface area contributed by atoms with Crippen molar-refractivity contribution in [1.29, 1.82) is 0 Å². The van der Waals surface area contributed by atoms with E-state index in [-0.39, 0.29) is 54.4 Å². The van der Waals surface area contributed by atoms with Crippen molar-refractivity contribution in [3.8, 4) is 11.5 Å². The summed E-state index contributed by atoms with van der Waals surface area (Å²) < 4.78 is 33.1. The van der Waals surface area contributed by atoms with Crippen LogP contribution in [0.25, 0.3) is 0 Å². The lowest BCUT2D eigenvalue weighted by atomic mass is 10.0. The number of carbonyl (C=O) groups is 6. The molecule has 0 aliphatic heterocycles. The first-order valence-corrected chi connectivity index (χ1v) is 24.6. The first kappa shape index (κ1) is 49.3. The number of phenols is 2. The maximum absolute atomic E-state index is 14.1. The van der Waals surface area contributed by atoms with Crippen molar-refractivity contribution in [3.63, 3.8) is 0 Å². The number of rotatable bonds is 23. The Balaban J connectivity index is 1.87. The molecular formula is C40H54N6O13SSi. The van der Waals surface area contributed by atoms with E-state index in [4.69, 9.17) is 9.84 Å². The number of hydrogen-bond acceptors (Lipinski definition) is 12. The van der Waals surface area contributed by atoms with Crippen LogP contribution in [0, 0.1) is 0 Å². The molecule has 3 aromatic rings. The van der Waals surface area contributed by atoms with Crippen molar-refractivity contribution in [2.45, 2.75) is 82.3 Å². The lowest BCUT2D eigenvalue weighted by Gasteiger charge is -2.28. The third-order valence-electron chi connectivity index (χ3n) is 8.96. The van der Waals surface area contributed by atoms with Crippen LogP contribution in [-0.4, -0.2) is 110 Å². The van der Waals surface area contributed by atoms with Crippen molar-refractivity contribution in [2.75, 3.05) is 18.8 Å². The average molecular weight is 887 g/mol. The van der Waals surface area contributed by atoms with E-state index >= 15 is 0 Å².